The van der Waals surface area contributed by atoms with Crippen molar-refractivity contribution < 1.29 is 24.2 Å². The van der Waals surface area contributed by atoms with E-state index < -0.39 is 30.1 Å². The number of nitrogens with one attached hydrogen (secondary N) is 1. The summed E-state index contributed by atoms with van der Waals surface area (Å²) in [7, 11) is 0. The number of carbonyl (C=O) groups excluding carboxylic acids is 2. The van der Waals surface area contributed by atoms with Gasteiger partial charge in [-0.05, 0) is 24.8 Å². The van der Waals surface area contributed by atoms with Gasteiger partial charge in [-0.2, -0.15) is 0 Å². The van der Waals surface area contributed by atoms with Crippen molar-refractivity contribution in [3.63, 3.8) is 0 Å². The molecule has 0 saturated carbocycles. The van der Waals surface area contributed by atoms with Gasteiger partial charge in [-0.3, -0.25) is 9.59 Å². The number of carboxylic acids is 1. The van der Waals surface area contributed by atoms with Crippen molar-refractivity contribution in [1.29, 1.82) is 0 Å². The van der Waals surface area contributed by atoms with E-state index in [-0.39, 0.29) is 5.91 Å². The van der Waals surface area contributed by atoms with Crippen LogP contribution in [0.2, 0.25) is 0 Å². The van der Waals surface area contributed by atoms with Crippen LogP contribution in [0.25, 0.3) is 0 Å². The van der Waals surface area contributed by atoms with Crippen molar-refractivity contribution in [2.45, 2.75) is 44.1 Å². The molecule has 1 aromatic rings. The highest BCUT2D eigenvalue weighted by Gasteiger charge is 2.38. The van der Waals surface area contributed by atoms with E-state index in [1.54, 1.807) is 4.90 Å². The summed E-state index contributed by atoms with van der Waals surface area (Å²) in [5.41, 5.74) is 1.04. The molecular formula is C17H20N2O5. The normalized spacial score (nSPS) is 26.6. The second-order valence-electron chi connectivity index (χ2n) is 6.12. The van der Waals surface area contributed by atoms with Crippen LogP contribution in [0.5, 0.6) is 0 Å². The van der Waals surface area contributed by atoms with Crippen LogP contribution in [0.4, 0.5) is 0 Å². The Balaban J connectivity index is 1.52. The van der Waals surface area contributed by atoms with Gasteiger partial charge in [-0.15, -0.1) is 0 Å². The fourth-order valence-electron chi connectivity index (χ4n) is 3.11. The van der Waals surface area contributed by atoms with Gasteiger partial charge in [0.1, 0.15) is 12.1 Å². The lowest BCUT2D eigenvalue weighted by Gasteiger charge is -2.18. The topological polar surface area (TPSA) is 95.9 Å². The molecular weight excluding hydrogens is 312 g/mol. The number of rotatable bonds is 5. The van der Waals surface area contributed by atoms with Crippen molar-refractivity contribution >= 4 is 17.8 Å². The van der Waals surface area contributed by atoms with Crippen molar-refractivity contribution in [2.75, 3.05) is 6.54 Å². The third-order valence-electron chi connectivity index (χ3n) is 4.42. The minimum atomic E-state index is -1.06. The fraction of sp³-hybridized carbons (Fsp3) is 0.471. The Labute approximate surface area is 139 Å². The zero-order valence-electron chi connectivity index (χ0n) is 13.2. The summed E-state index contributed by atoms with van der Waals surface area (Å²) in [5.74, 6) is -1.57. The average Bonchev–Trinajstić information content (AvgIpc) is 3.19. The lowest BCUT2D eigenvalue weighted by atomic mass is 10.1. The summed E-state index contributed by atoms with van der Waals surface area (Å²) in [6, 6.07) is 9.12. The number of ether oxygens (including phenoxy) is 1. The lowest BCUT2D eigenvalue weighted by molar-refractivity contribution is -0.152. The van der Waals surface area contributed by atoms with E-state index in [1.165, 1.54) is 0 Å². The van der Waals surface area contributed by atoms with Crippen molar-refractivity contribution in [1.82, 2.24) is 10.2 Å². The molecule has 2 amide bonds. The molecule has 2 aliphatic rings. The molecule has 2 N–H and O–H groups in total. The Morgan fingerprint density at radius 2 is 1.88 bits per heavy atom. The quantitative estimate of drug-likeness (QED) is 0.820. The highest BCUT2D eigenvalue weighted by Crippen LogP contribution is 2.21. The summed E-state index contributed by atoms with van der Waals surface area (Å²) in [6.45, 7) is 1.11. The van der Waals surface area contributed by atoms with E-state index in [9.17, 15) is 14.4 Å². The molecule has 24 heavy (non-hydrogen) atoms. The van der Waals surface area contributed by atoms with Crippen molar-refractivity contribution in [3.05, 3.63) is 35.9 Å². The zero-order valence-corrected chi connectivity index (χ0v) is 13.2. The second-order valence-corrected chi connectivity index (χ2v) is 6.12. The SMILES string of the molecule is O=C(NC1CCN(Cc2ccccc2)C1=O)[C@@H]1CC[C@H](C(=O)O)O1. The second kappa shape index (κ2) is 7.00. The Morgan fingerprint density at radius 1 is 1.17 bits per heavy atom. The van der Waals surface area contributed by atoms with Crippen LogP contribution in [0.3, 0.4) is 0 Å². The third-order valence-corrected chi connectivity index (χ3v) is 4.42. The van der Waals surface area contributed by atoms with Gasteiger partial charge in [0.2, 0.25) is 11.8 Å². The highest BCUT2D eigenvalue weighted by atomic mass is 16.5. The number of carboxylic acid groups (broad SMARTS) is 1. The predicted molar refractivity (Wildman–Crippen MR) is 83.9 cm³/mol. The van der Waals surface area contributed by atoms with E-state index in [4.69, 9.17) is 9.84 Å². The number of aliphatic carboxylic acids is 1. The molecule has 7 heteroatoms. The van der Waals surface area contributed by atoms with Gasteiger partial charge < -0.3 is 20.1 Å². The molecule has 2 saturated heterocycles. The number of likely N-dealkylation sites (tertiary alicyclic amines) is 1. The van der Waals surface area contributed by atoms with Crippen LogP contribution in [0.15, 0.2) is 30.3 Å². The first-order valence-corrected chi connectivity index (χ1v) is 8.06. The summed E-state index contributed by atoms with van der Waals surface area (Å²) >= 11 is 0. The Morgan fingerprint density at radius 3 is 2.54 bits per heavy atom. The van der Waals surface area contributed by atoms with Gasteiger partial charge in [-0.1, -0.05) is 30.3 Å². The summed E-state index contributed by atoms with van der Waals surface area (Å²) < 4.78 is 5.22. The first-order valence-electron chi connectivity index (χ1n) is 8.06. The van der Waals surface area contributed by atoms with Gasteiger partial charge in [0.15, 0.2) is 6.10 Å². The van der Waals surface area contributed by atoms with E-state index in [0.717, 1.165) is 5.56 Å². The molecule has 3 atom stereocenters. The van der Waals surface area contributed by atoms with Gasteiger partial charge in [-0.25, -0.2) is 4.79 Å². The molecule has 0 bridgehead atoms. The molecule has 128 valence electrons. The molecule has 2 aliphatic heterocycles. The first-order chi connectivity index (χ1) is 11.5. The third kappa shape index (κ3) is 3.56. The standard InChI is InChI=1S/C17H20N2O5/c20-15(13-6-7-14(24-13)17(22)23)18-12-8-9-19(16(12)21)10-11-4-2-1-3-5-11/h1-5,12-14H,6-10H2,(H,18,20)(H,22,23)/t12?,13-,14+/m0/s1. The number of benzene rings is 1. The molecule has 2 fully saturated rings. The van der Waals surface area contributed by atoms with Gasteiger partial charge in [0.25, 0.3) is 0 Å². The maximum atomic E-state index is 12.4. The smallest absolute Gasteiger partial charge is 0.332 e. The summed E-state index contributed by atoms with van der Waals surface area (Å²) in [6.07, 6.45) is -0.507. The maximum absolute atomic E-state index is 12.4. The van der Waals surface area contributed by atoms with Crippen LogP contribution >= 0.6 is 0 Å². The lowest BCUT2D eigenvalue weighted by Crippen LogP contribution is -2.45. The zero-order chi connectivity index (χ0) is 17.1. The minimum absolute atomic E-state index is 0.111. The van der Waals surface area contributed by atoms with Crippen molar-refractivity contribution in [3.8, 4) is 0 Å². The fourth-order valence-corrected chi connectivity index (χ4v) is 3.11. The Kier molecular flexibility index (Phi) is 4.80. The molecule has 0 aliphatic carbocycles. The number of amides is 2. The molecule has 0 aromatic heterocycles. The number of hydrogen-bond acceptors (Lipinski definition) is 4. The number of nitrogens with zero attached hydrogens (tertiary/aromatic N) is 1. The van der Waals surface area contributed by atoms with E-state index >= 15 is 0 Å². The van der Waals surface area contributed by atoms with Crippen LogP contribution in [-0.4, -0.2) is 52.6 Å². The van der Waals surface area contributed by atoms with E-state index in [1.807, 2.05) is 30.3 Å². The van der Waals surface area contributed by atoms with Crippen LogP contribution < -0.4 is 5.32 Å². The average molecular weight is 332 g/mol. The Bertz CT molecular complexity index is 633. The van der Waals surface area contributed by atoms with Gasteiger partial charge in [0, 0.05) is 13.1 Å². The van der Waals surface area contributed by atoms with E-state index in [2.05, 4.69) is 5.32 Å². The summed E-state index contributed by atoms with van der Waals surface area (Å²) in [4.78, 5) is 37.2. The van der Waals surface area contributed by atoms with Crippen LogP contribution in [-0.2, 0) is 25.7 Å². The number of hydrogen-bond donors (Lipinski definition) is 2. The van der Waals surface area contributed by atoms with Crippen LogP contribution in [0, 0.1) is 0 Å². The monoisotopic (exact) mass is 332 g/mol. The Hall–Kier alpha value is -2.41. The minimum Gasteiger partial charge on any atom is -0.479 e. The van der Waals surface area contributed by atoms with Crippen LogP contribution in [0.1, 0.15) is 24.8 Å². The first kappa shape index (κ1) is 16.4. The largest absolute Gasteiger partial charge is 0.479 e. The summed E-state index contributed by atoms with van der Waals surface area (Å²) in [5, 5.41) is 11.6. The highest BCUT2D eigenvalue weighted by molar-refractivity contribution is 5.91. The van der Waals surface area contributed by atoms with E-state index in [0.29, 0.717) is 32.4 Å². The molecule has 3 rings (SSSR count). The molecule has 0 radical (unpaired) electrons. The molecule has 2 heterocycles. The molecule has 1 aromatic carbocycles. The van der Waals surface area contributed by atoms with Crippen molar-refractivity contribution in [2.24, 2.45) is 0 Å². The van der Waals surface area contributed by atoms with Gasteiger partial charge >= 0.3 is 5.97 Å². The molecule has 1 unspecified atom stereocenters. The molecule has 7 nitrogen and oxygen atoms in total. The molecule has 0 spiro atoms. The van der Waals surface area contributed by atoms with Gasteiger partial charge in [0.05, 0.1) is 0 Å². The number of carbonyl (C=O) groups is 3. The predicted octanol–water partition coefficient (Wildman–Crippen LogP) is 0.536. The maximum Gasteiger partial charge on any atom is 0.332 e.